The standard InChI is InChI=1S/C17H22N4O5/c1-24-11-3-4-12(14(9-11)25-2)18-16(23)13-10-15(22)20-17(19-13)21-5-7-26-8-6-21/h3-4,9,13H,5-8,10H2,1-2H3,(H,18,23)(H,19,20,22)/t13-/m1/s1. The molecule has 0 aromatic heterocycles. The van der Waals surface area contributed by atoms with E-state index in [4.69, 9.17) is 14.2 Å². The van der Waals surface area contributed by atoms with Crippen molar-refractivity contribution < 1.29 is 23.8 Å². The molecule has 1 aromatic carbocycles. The summed E-state index contributed by atoms with van der Waals surface area (Å²) in [5.74, 6) is 0.906. The lowest BCUT2D eigenvalue weighted by Gasteiger charge is -2.32. The zero-order chi connectivity index (χ0) is 18.5. The first kappa shape index (κ1) is 18.0. The average molecular weight is 362 g/mol. The van der Waals surface area contributed by atoms with E-state index in [0.29, 0.717) is 49.4 Å². The Hall–Kier alpha value is -2.81. The number of methoxy groups -OCH3 is 2. The van der Waals surface area contributed by atoms with Gasteiger partial charge < -0.3 is 24.4 Å². The maximum absolute atomic E-state index is 12.6. The SMILES string of the molecule is COc1ccc(NC(=O)[C@H]2CC(=O)NC(N3CCOCC3)=N2)c(OC)c1. The van der Waals surface area contributed by atoms with Crippen LogP contribution in [0.2, 0.25) is 0 Å². The lowest BCUT2D eigenvalue weighted by atomic mass is 10.1. The molecule has 0 bridgehead atoms. The van der Waals surface area contributed by atoms with E-state index in [0.717, 1.165) is 0 Å². The lowest BCUT2D eigenvalue weighted by Crippen LogP contribution is -2.53. The van der Waals surface area contributed by atoms with E-state index < -0.39 is 6.04 Å². The van der Waals surface area contributed by atoms with Gasteiger partial charge in [0.1, 0.15) is 17.5 Å². The normalized spacial score (nSPS) is 20.1. The number of amides is 2. The van der Waals surface area contributed by atoms with Crippen molar-refractivity contribution in [1.82, 2.24) is 10.2 Å². The molecule has 2 amide bonds. The minimum absolute atomic E-state index is 0.00184. The fourth-order valence-electron chi connectivity index (χ4n) is 2.78. The summed E-state index contributed by atoms with van der Waals surface area (Å²) in [5, 5.41) is 5.51. The Morgan fingerprint density at radius 2 is 2.08 bits per heavy atom. The summed E-state index contributed by atoms with van der Waals surface area (Å²) in [6, 6.07) is 4.28. The van der Waals surface area contributed by atoms with Crippen molar-refractivity contribution in [3.8, 4) is 11.5 Å². The quantitative estimate of drug-likeness (QED) is 0.795. The van der Waals surface area contributed by atoms with Gasteiger partial charge in [-0.05, 0) is 12.1 Å². The van der Waals surface area contributed by atoms with Gasteiger partial charge in [-0.1, -0.05) is 0 Å². The van der Waals surface area contributed by atoms with E-state index in [1.54, 1.807) is 25.3 Å². The van der Waals surface area contributed by atoms with Crippen molar-refractivity contribution in [3.05, 3.63) is 18.2 Å². The molecule has 1 fully saturated rings. The van der Waals surface area contributed by atoms with Crippen LogP contribution in [0.4, 0.5) is 5.69 Å². The highest BCUT2D eigenvalue weighted by Gasteiger charge is 2.30. The van der Waals surface area contributed by atoms with Gasteiger partial charge >= 0.3 is 0 Å². The number of morpholine rings is 1. The number of hydrogen-bond donors (Lipinski definition) is 2. The van der Waals surface area contributed by atoms with Crippen LogP contribution >= 0.6 is 0 Å². The van der Waals surface area contributed by atoms with E-state index >= 15 is 0 Å². The van der Waals surface area contributed by atoms with E-state index in [1.165, 1.54) is 7.11 Å². The number of ether oxygens (including phenoxy) is 3. The Bertz CT molecular complexity index is 715. The summed E-state index contributed by atoms with van der Waals surface area (Å²) in [5.41, 5.74) is 0.493. The molecule has 2 heterocycles. The molecule has 0 unspecified atom stereocenters. The highest BCUT2D eigenvalue weighted by Crippen LogP contribution is 2.29. The van der Waals surface area contributed by atoms with Gasteiger partial charge in [0.15, 0.2) is 0 Å². The van der Waals surface area contributed by atoms with Gasteiger partial charge in [0.25, 0.3) is 0 Å². The Morgan fingerprint density at radius 3 is 2.77 bits per heavy atom. The molecule has 1 atom stereocenters. The predicted molar refractivity (Wildman–Crippen MR) is 94.6 cm³/mol. The number of nitrogens with one attached hydrogen (secondary N) is 2. The van der Waals surface area contributed by atoms with Crippen molar-refractivity contribution in [2.45, 2.75) is 12.5 Å². The summed E-state index contributed by atoms with van der Waals surface area (Å²) >= 11 is 0. The third kappa shape index (κ3) is 4.05. The Morgan fingerprint density at radius 1 is 1.31 bits per heavy atom. The second kappa shape index (κ2) is 8.05. The van der Waals surface area contributed by atoms with Gasteiger partial charge in [-0.25, -0.2) is 4.99 Å². The fourth-order valence-corrected chi connectivity index (χ4v) is 2.78. The summed E-state index contributed by atoms with van der Waals surface area (Å²) < 4.78 is 15.7. The fraction of sp³-hybridized carbons (Fsp3) is 0.471. The number of benzene rings is 1. The number of anilines is 1. The second-order valence-electron chi connectivity index (χ2n) is 5.88. The van der Waals surface area contributed by atoms with Gasteiger partial charge in [-0.3, -0.25) is 14.9 Å². The molecular weight excluding hydrogens is 340 g/mol. The van der Waals surface area contributed by atoms with Crippen LogP contribution in [0.3, 0.4) is 0 Å². The summed E-state index contributed by atoms with van der Waals surface area (Å²) in [7, 11) is 3.06. The molecule has 0 spiro atoms. The zero-order valence-electron chi connectivity index (χ0n) is 14.8. The molecule has 0 saturated carbocycles. The molecule has 2 N–H and O–H groups in total. The first-order valence-corrected chi connectivity index (χ1v) is 8.34. The predicted octanol–water partition coefficient (Wildman–Crippen LogP) is 0.219. The molecular formula is C17H22N4O5. The molecule has 26 heavy (non-hydrogen) atoms. The Labute approximate surface area is 151 Å². The number of guanidine groups is 1. The largest absolute Gasteiger partial charge is 0.497 e. The molecule has 2 aliphatic heterocycles. The van der Waals surface area contributed by atoms with E-state index in [-0.39, 0.29) is 18.2 Å². The first-order chi connectivity index (χ1) is 12.6. The van der Waals surface area contributed by atoms with Crippen molar-refractivity contribution in [1.29, 1.82) is 0 Å². The van der Waals surface area contributed by atoms with Crippen LogP contribution in [0.25, 0.3) is 0 Å². The van der Waals surface area contributed by atoms with Crippen LogP contribution < -0.4 is 20.1 Å². The number of aliphatic imine (C=N–C) groups is 1. The van der Waals surface area contributed by atoms with Crippen LogP contribution in [-0.2, 0) is 14.3 Å². The van der Waals surface area contributed by atoms with Gasteiger partial charge in [-0.2, -0.15) is 0 Å². The first-order valence-electron chi connectivity index (χ1n) is 8.34. The number of nitrogens with zero attached hydrogens (tertiary/aromatic N) is 2. The second-order valence-corrected chi connectivity index (χ2v) is 5.88. The van der Waals surface area contributed by atoms with Gasteiger partial charge in [-0.15, -0.1) is 0 Å². The van der Waals surface area contributed by atoms with Crippen molar-refractivity contribution in [2.24, 2.45) is 4.99 Å². The van der Waals surface area contributed by atoms with Crippen LogP contribution in [0.15, 0.2) is 23.2 Å². The van der Waals surface area contributed by atoms with E-state index in [9.17, 15) is 9.59 Å². The molecule has 140 valence electrons. The molecule has 1 aromatic rings. The third-order valence-corrected chi connectivity index (χ3v) is 4.19. The highest BCUT2D eigenvalue weighted by atomic mass is 16.5. The molecule has 9 nitrogen and oxygen atoms in total. The van der Waals surface area contributed by atoms with Gasteiger partial charge in [0.05, 0.1) is 39.5 Å². The maximum Gasteiger partial charge on any atom is 0.249 e. The average Bonchev–Trinajstić information content (AvgIpc) is 2.68. The number of hydrogen-bond acceptors (Lipinski definition) is 7. The molecule has 2 aliphatic rings. The topological polar surface area (TPSA) is 101 Å². The van der Waals surface area contributed by atoms with Crippen molar-refractivity contribution in [2.75, 3.05) is 45.8 Å². The Balaban J connectivity index is 1.75. The smallest absolute Gasteiger partial charge is 0.249 e. The van der Waals surface area contributed by atoms with Crippen molar-refractivity contribution in [3.63, 3.8) is 0 Å². The van der Waals surface area contributed by atoms with E-state index in [1.807, 2.05) is 4.90 Å². The van der Waals surface area contributed by atoms with Crippen molar-refractivity contribution >= 4 is 23.5 Å². The third-order valence-electron chi connectivity index (χ3n) is 4.19. The molecule has 3 rings (SSSR count). The summed E-state index contributed by atoms with van der Waals surface area (Å²) in [6.07, 6.45) is -0.00184. The summed E-state index contributed by atoms with van der Waals surface area (Å²) in [4.78, 5) is 31.0. The van der Waals surface area contributed by atoms with Crippen LogP contribution in [0.5, 0.6) is 11.5 Å². The monoisotopic (exact) mass is 362 g/mol. The van der Waals surface area contributed by atoms with E-state index in [2.05, 4.69) is 15.6 Å². The summed E-state index contributed by atoms with van der Waals surface area (Å²) in [6.45, 7) is 2.38. The van der Waals surface area contributed by atoms with Crippen LogP contribution in [0.1, 0.15) is 6.42 Å². The molecule has 0 aliphatic carbocycles. The number of rotatable bonds is 4. The molecule has 1 saturated heterocycles. The van der Waals surface area contributed by atoms with Crippen LogP contribution in [-0.4, -0.2) is 69.2 Å². The molecule has 0 radical (unpaired) electrons. The highest BCUT2D eigenvalue weighted by molar-refractivity contribution is 6.06. The number of carbonyl (C=O) groups is 2. The zero-order valence-corrected chi connectivity index (χ0v) is 14.8. The lowest BCUT2D eigenvalue weighted by molar-refractivity contribution is -0.125. The van der Waals surface area contributed by atoms with Gasteiger partial charge in [0, 0.05) is 19.2 Å². The minimum atomic E-state index is -0.798. The van der Waals surface area contributed by atoms with Gasteiger partial charge in [0.2, 0.25) is 17.8 Å². The molecule has 9 heteroatoms. The minimum Gasteiger partial charge on any atom is -0.497 e. The number of carbonyl (C=O) groups excluding carboxylic acids is 2. The Kier molecular flexibility index (Phi) is 5.57. The van der Waals surface area contributed by atoms with Crippen LogP contribution in [0, 0.1) is 0 Å². The maximum atomic E-state index is 12.6.